The molecule has 2 heterocycles. The molecule has 0 aliphatic carbocycles. The van der Waals surface area contributed by atoms with Crippen LogP contribution in [-0.4, -0.2) is 42.2 Å². The number of thiophene rings is 1. The van der Waals surface area contributed by atoms with E-state index in [0.717, 1.165) is 40.6 Å². The van der Waals surface area contributed by atoms with Gasteiger partial charge in [0.1, 0.15) is 5.00 Å². The molecule has 1 aliphatic heterocycles. The number of carbonyl (C=O) groups is 2. The Morgan fingerprint density at radius 1 is 1.32 bits per heavy atom. The molecule has 0 bridgehead atoms. The van der Waals surface area contributed by atoms with Gasteiger partial charge in [-0.05, 0) is 43.7 Å². The standard InChI is InChI=1S/C21H26N2O3S2/c1-5-27-16-9-7-6-8-15(16)19(24)22-20-18(21(25)26-4)14-10-11-23(13(2)3)12-17(14)28-20/h6-9,13H,5,10-12H2,1-4H3,(H,22,24). The highest BCUT2D eigenvalue weighted by molar-refractivity contribution is 7.99. The van der Waals surface area contributed by atoms with Gasteiger partial charge in [-0.15, -0.1) is 23.1 Å². The van der Waals surface area contributed by atoms with Gasteiger partial charge in [-0.3, -0.25) is 9.69 Å². The van der Waals surface area contributed by atoms with Crippen LogP contribution >= 0.6 is 23.1 Å². The van der Waals surface area contributed by atoms with Gasteiger partial charge >= 0.3 is 5.97 Å². The zero-order chi connectivity index (χ0) is 20.3. The number of benzene rings is 1. The first-order valence-electron chi connectivity index (χ1n) is 9.46. The number of methoxy groups -OCH3 is 1. The fourth-order valence-electron chi connectivity index (χ4n) is 3.38. The number of anilines is 1. The van der Waals surface area contributed by atoms with E-state index in [0.29, 0.717) is 22.2 Å². The maximum atomic E-state index is 13.0. The summed E-state index contributed by atoms with van der Waals surface area (Å²) < 4.78 is 5.02. The number of rotatable bonds is 6. The lowest BCUT2D eigenvalue weighted by Gasteiger charge is -2.30. The Labute approximate surface area is 174 Å². The van der Waals surface area contributed by atoms with Crippen LogP contribution in [0.25, 0.3) is 0 Å². The number of amides is 1. The number of hydrogen-bond donors (Lipinski definition) is 1. The summed E-state index contributed by atoms with van der Waals surface area (Å²) in [7, 11) is 1.38. The Kier molecular flexibility index (Phi) is 6.80. The molecule has 1 aromatic carbocycles. The van der Waals surface area contributed by atoms with Crippen LogP contribution in [0.3, 0.4) is 0 Å². The predicted octanol–water partition coefficient (Wildman–Crippen LogP) is 4.67. The third kappa shape index (κ3) is 4.26. The van der Waals surface area contributed by atoms with Crippen LogP contribution in [0.2, 0.25) is 0 Å². The number of nitrogens with zero attached hydrogens (tertiary/aromatic N) is 1. The third-order valence-electron chi connectivity index (χ3n) is 4.86. The summed E-state index contributed by atoms with van der Waals surface area (Å²) in [4.78, 5) is 29.9. The molecular weight excluding hydrogens is 392 g/mol. The van der Waals surface area contributed by atoms with Gasteiger partial charge in [0.2, 0.25) is 0 Å². The molecule has 3 rings (SSSR count). The highest BCUT2D eigenvalue weighted by Gasteiger charge is 2.30. The number of carbonyl (C=O) groups excluding carboxylic acids is 2. The summed E-state index contributed by atoms with van der Waals surface area (Å²) in [5.41, 5.74) is 2.15. The molecule has 0 saturated heterocycles. The summed E-state index contributed by atoms with van der Waals surface area (Å²) >= 11 is 3.12. The molecule has 2 aromatic rings. The van der Waals surface area contributed by atoms with E-state index in [2.05, 4.69) is 31.0 Å². The number of esters is 1. The Morgan fingerprint density at radius 3 is 2.75 bits per heavy atom. The smallest absolute Gasteiger partial charge is 0.341 e. The molecular formula is C21H26N2O3S2. The number of thioether (sulfide) groups is 1. The van der Waals surface area contributed by atoms with Crippen molar-refractivity contribution in [3.05, 3.63) is 45.8 Å². The second-order valence-corrected chi connectivity index (χ2v) is 9.31. The molecule has 1 aliphatic rings. The van der Waals surface area contributed by atoms with Crippen molar-refractivity contribution in [2.45, 2.75) is 44.7 Å². The van der Waals surface area contributed by atoms with Gasteiger partial charge in [0, 0.05) is 28.9 Å². The van der Waals surface area contributed by atoms with Gasteiger partial charge < -0.3 is 10.1 Å². The monoisotopic (exact) mass is 418 g/mol. The van der Waals surface area contributed by atoms with E-state index < -0.39 is 0 Å². The van der Waals surface area contributed by atoms with Crippen molar-refractivity contribution < 1.29 is 14.3 Å². The second kappa shape index (κ2) is 9.11. The molecule has 0 unspecified atom stereocenters. The van der Waals surface area contributed by atoms with Gasteiger partial charge in [0.15, 0.2) is 0 Å². The minimum atomic E-state index is -0.387. The van der Waals surface area contributed by atoms with Gasteiger partial charge in [-0.25, -0.2) is 4.79 Å². The fraction of sp³-hybridized carbons (Fsp3) is 0.429. The maximum absolute atomic E-state index is 13.0. The molecule has 1 N–H and O–H groups in total. The van der Waals surface area contributed by atoms with E-state index in [1.54, 1.807) is 11.8 Å². The first-order valence-corrected chi connectivity index (χ1v) is 11.3. The van der Waals surface area contributed by atoms with E-state index in [-0.39, 0.29) is 11.9 Å². The summed E-state index contributed by atoms with van der Waals surface area (Å²) in [6, 6.07) is 7.99. The molecule has 7 heteroatoms. The van der Waals surface area contributed by atoms with Crippen molar-refractivity contribution >= 4 is 40.0 Å². The van der Waals surface area contributed by atoms with Gasteiger partial charge in [0.05, 0.1) is 18.2 Å². The summed E-state index contributed by atoms with van der Waals surface area (Å²) in [5, 5.41) is 3.58. The molecule has 0 fully saturated rings. The quantitative estimate of drug-likeness (QED) is 0.546. The van der Waals surface area contributed by atoms with Crippen LogP contribution in [0, 0.1) is 0 Å². The van der Waals surface area contributed by atoms with Crippen LogP contribution < -0.4 is 5.32 Å². The molecule has 1 aromatic heterocycles. The molecule has 0 saturated carbocycles. The lowest BCUT2D eigenvalue weighted by Crippen LogP contribution is -2.35. The average Bonchev–Trinajstić information content (AvgIpc) is 3.04. The minimum absolute atomic E-state index is 0.194. The highest BCUT2D eigenvalue weighted by atomic mass is 32.2. The van der Waals surface area contributed by atoms with E-state index in [1.807, 2.05) is 24.3 Å². The topological polar surface area (TPSA) is 58.6 Å². The zero-order valence-corrected chi connectivity index (χ0v) is 18.3. The molecule has 5 nitrogen and oxygen atoms in total. The number of nitrogens with one attached hydrogen (secondary N) is 1. The van der Waals surface area contributed by atoms with Crippen molar-refractivity contribution in [3.8, 4) is 0 Å². The van der Waals surface area contributed by atoms with Crippen LogP contribution in [0.15, 0.2) is 29.2 Å². The minimum Gasteiger partial charge on any atom is -0.465 e. The first kappa shape index (κ1) is 20.9. The van der Waals surface area contributed by atoms with Crippen LogP contribution in [0.1, 0.15) is 51.9 Å². The average molecular weight is 419 g/mol. The Bertz CT molecular complexity index is 877. The van der Waals surface area contributed by atoms with Crippen LogP contribution in [0.5, 0.6) is 0 Å². The van der Waals surface area contributed by atoms with Crippen molar-refractivity contribution in [2.75, 3.05) is 24.7 Å². The first-order chi connectivity index (χ1) is 13.5. The van der Waals surface area contributed by atoms with E-state index in [9.17, 15) is 9.59 Å². The van der Waals surface area contributed by atoms with Crippen LogP contribution in [-0.2, 0) is 17.7 Å². The van der Waals surface area contributed by atoms with E-state index >= 15 is 0 Å². The molecule has 150 valence electrons. The molecule has 1 amide bonds. The van der Waals surface area contributed by atoms with Crippen molar-refractivity contribution in [1.82, 2.24) is 4.90 Å². The third-order valence-corrected chi connectivity index (χ3v) is 6.95. The lowest BCUT2D eigenvalue weighted by atomic mass is 10.0. The molecule has 0 atom stereocenters. The summed E-state index contributed by atoms with van der Waals surface area (Å²) in [6.07, 6.45) is 0.784. The van der Waals surface area contributed by atoms with Gasteiger partial charge in [-0.1, -0.05) is 19.1 Å². The van der Waals surface area contributed by atoms with Crippen molar-refractivity contribution in [1.29, 1.82) is 0 Å². The van der Waals surface area contributed by atoms with E-state index in [4.69, 9.17) is 4.74 Å². The van der Waals surface area contributed by atoms with E-state index in [1.165, 1.54) is 18.4 Å². The summed E-state index contributed by atoms with van der Waals surface area (Å²) in [6.45, 7) is 8.09. The maximum Gasteiger partial charge on any atom is 0.341 e. The predicted molar refractivity (Wildman–Crippen MR) is 116 cm³/mol. The Balaban J connectivity index is 1.94. The van der Waals surface area contributed by atoms with Crippen molar-refractivity contribution in [2.24, 2.45) is 0 Å². The highest BCUT2D eigenvalue weighted by Crippen LogP contribution is 2.38. The van der Waals surface area contributed by atoms with Crippen molar-refractivity contribution in [3.63, 3.8) is 0 Å². The number of fused-ring (bicyclic) bond motifs is 1. The Hall–Kier alpha value is -1.83. The summed E-state index contributed by atoms with van der Waals surface area (Å²) in [5.74, 6) is 0.304. The van der Waals surface area contributed by atoms with Gasteiger partial charge in [-0.2, -0.15) is 0 Å². The normalized spacial score (nSPS) is 14.0. The van der Waals surface area contributed by atoms with Gasteiger partial charge in [0.25, 0.3) is 5.91 Å². The van der Waals surface area contributed by atoms with Crippen LogP contribution in [0.4, 0.5) is 5.00 Å². The SMILES string of the molecule is CCSc1ccccc1C(=O)Nc1sc2c(c1C(=O)OC)CCN(C(C)C)C2. The second-order valence-electron chi connectivity index (χ2n) is 6.90. The zero-order valence-electron chi connectivity index (χ0n) is 16.7. The Morgan fingerprint density at radius 2 is 2.07 bits per heavy atom. The number of hydrogen-bond acceptors (Lipinski definition) is 6. The lowest BCUT2D eigenvalue weighted by molar-refractivity contribution is 0.0600. The molecule has 28 heavy (non-hydrogen) atoms. The molecule has 0 radical (unpaired) electrons. The molecule has 0 spiro atoms. The largest absolute Gasteiger partial charge is 0.465 e. The number of ether oxygens (including phenoxy) is 1. The fourth-order valence-corrected chi connectivity index (χ4v) is 5.43.